The van der Waals surface area contributed by atoms with Crippen LogP contribution < -0.4 is 10.1 Å². The first-order valence-electron chi connectivity index (χ1n) is 8.46. The number of nitrogens with one attached hydrogen (secondary N) is 1. The number of benzene rings is 1. The predicted molar refractivity (Wildman–Crippen MR) is 101 cm³/mol. The first-order chi connectivity index (χ1) is 13.7. The monoisotopic (exact) mass is 423 g/mol. The highest BCUT2D eigenvalue weighted by molar-refractivity contribution is 7.13. The van der Waals surface area contributed by atoms with Gasteiger partial charge < -0.3 is 15.2 Å². The number of aliphatic hydroxyl groups is 1. The molecule has 2 N–H and O–H groups in total. The molecule has 0 saturated carbocycles. The summed E-state index contributed by atoms with van der Waals surface area (Å²) in [7, 11) is 0. The molecule has 1 amide bonds. The fourth-order valence-corrected chi connectivity index (χ4v) is 3.06. The van der Waals surface area contributed by atoms with E-state index in [-0.39, 0.29) is 18.1 Å². The Morgan fingerprint density at radius 2 is 1.97 bits per heavy atom. The van der Waals surface area contributed by atoms with Crippen LogP contribution in [0.5, 0.6) is 5.75 Å². The van der Waals surface area contributed by atoms with Crippen LogP contribution in [0.15, 0.2) is 47.8 Å². The minimum Gasteiger partial charge on any atom is -0.406 e. The van der Waals surface area contributed by atoms with Crippen molar-refractivity contribution >= 4 is 17.2 Å². The van der Waals surface area contributed by atoms with E-state index in [1.165, 1.54) is 41.7 Å². The molecule has 1 atom stereocenters. The maximum atomic E-state index is 12.5. The van der Waals surface area contributed by atoms with Crippen molar-refractivity contribution in [3.05, 3.63) is 53.5 Å². The third kappa shape index (κ3) is 5.52. The van der Waals surface area contributed by atoms with Gasteiger partial charge in [0.15, 0.2) is 5.82 Å². The largest absolute Gasteiger partial charge is 0.573 e. The van der Waals surface area contributed by atoms with E-state index in [1.54, 1.807) is 13.0 Å². The molecule has 2 aromatic heterocycles. The van der Waals surface area contributed by atoms with Crippen LogP contribution in [0.4, 0.5) is 13.2 Å². The van der Waals surface area contributed by atoms with Gasteiger partial charge in [-0.15, -0.1) is 24.5 Å². The zero-order chi connectivity index (χ0) is 21.0. The van der Waals surface area contributed by atoms with Crippen LogP contribution in [-0.4, -0.2) is 40.0 Å². The summed E-state index contributed by atoms with van der Waals surface area (Å²) >= 11 is 1.39. The zero-order valence-corrected chi connectivity index (χ0v) is 15.9. The number of halogens is 3. The molecule has 0 aliphatic carbocycles. The smallest absolute Gasteiger partial charge is 0.406 e. The lowest BCUT2D eigenvalue weighted by Gasteiger charge is -2.12. The van der Waals surface area contributed by atoms with Crippen molar-refractivity contribution in [2.45, 2.75) is 19.3 Å². The summed E-state index contributed by atoms with van der Waals surface area (Å²) in [5.74, 6) is -0.538. The minimum atomic E-state index is -4.78. The average Bonchev–Trinajstić information content (AvgIpc) is 3.21. The zero-order valence-electron chi connectivity index (χ0n) is 15.1. The van der Waals surface area contributed by atoms with Crippen LogP contribution in [0.25, 0.3) is 22.0 Å². The average molecular weight is 423 g/mol. The molecule has 0 aliphatic heterocycles. The van der Waals surface area contributed by atoms with Gasteiger partial charge in [0.05, 0.1) is 17.2 Å². The third-order valence-electron chi connectivity index (χ3n) is 3.74. The summed E-state index contributed by atoms with van der Waals surface area (Å²) in [5, 5.41) is 13.6. The van der Waals surface area contributed by atoms with Gasteiger partial charge in [-0.1, -0.05) is 6.07 Å². The predicted octanol–water partition coefficient (Wildman–Crippen LogP) is 3.88. The fourth-order valence-electron chi connectivity index (χ4n) is 2.40. The Balaban J connectivity index is 1.98. The lowest BCUT2D eigenvalue weighted by molar-refractivity contribution is -0.274. The number of alkyl halides is 3. The molecular weight excluding hydrogens is 407 g/mol. The van der Waals surface area contributed by atoms with Gasteiger partial charge in [0.25, 0.3) is 5.91 Å². The van der Waals surface area contributed by atoms with Crippen molar-refractivity contribution in [2.24, 2.45) is 0 Å². The van der Waals surface area contributed by atoms with E-state index in [0.29, 0.717) is 17.1 Å². The number of aromatic nitrogens is 2. The molecule has 10 heteroatoms. The molecule has 0 aliphatic rings. The maximum absolute atomic E-state index is 12.5. The van der Waals surface area contributed by atoms with E-state index in [2.05, 4.69) is 20.0 Å². The summed E-state index contributed by atoms with van der Waals surface area (Å²) < 4.78 is 40.9. The summed E-state index contributed by atoms with van der Waals surface area (Å²) in [5.41, 5.74) is 0.932. The second kappa shape index (κ2) is 8.58. The molecule has 1 aromatic carbocycles. The molecule has 2 heterocycles. The highest BCUT2D eigenvalue weighted by Crippen LogP contribution is 2.28. The van der Waals surface area contributed by atoms with E-state index < -0.39 is 18.3 Å². The van der Waals surface area contributed by atoms with E-state index in [1.807, 2.05) is 11.4 Å². The van der Waals surface area contributed by atoms with Crippen molar-refractivity contribution in [1.82, 2.24) is 15.3 Å². The van der Waals surface area contributed by atoms with Crippen molar-refractivity contribution in [3.63, 3.8) is 0 Å². The van der Waals surface area contributed by atoms with E-state index >= 15 is 0 Å². The molecule has 0 spiro atoms. The molecule has 0 fully saturated rings. The number of carbonyl (C=O) groups excluding carboxylic acids is 1. The number of hydrogen-bond acceptors (Lipinski definition) is 6. The molecule has 6 nitrogen and oxygen atoms in total. The Morgan fingerprint density at radius 1 is 1.24 bits per heavy atom. The van der Waals surface area contributed by atoms with Gasteiger partial charge in [0.2, 0.25) is 0 Å². The number of ether oxygens (including phenoxy) is 1. The Morgan fingerprint density at radius 3 is 2.55 bits per heavy atom. The first-order valence-corrected chi connectivity index (χ1v) is 9.34. The van der Waals surface area contributed by atoms with E-state index in [0.717, 1.165) is 4.88 Å². The molecule has 0 saturated heterocycles. The van der Waals surface area contributed by atoms with E-state index in [9.17, 15) is 18.0 Å². The molecule has 0 bridgehead atoms. The Labute approximate surface area is 168 Å². The number of amides is 1. The Kier molecular flexibility index (Phi) is 6.14. The van der Waals surface area contributed by atoms with E-state index in [4.69, 9.17) is 5.11 Å². The second-order valence-corrected chi connectivity index (χ2v) is 7.02. The molecule has 1 unspecified atom stereocenters. The lowest BCUT2D eigenvalue weighted by Crippen LogP contribution is -2.35. The van der Waals surface area contributed by atoms with Crippen molar-refractivity contribution in [3.8, 4) is 27.7 Å². The molecule has 3 rings (SSSR count). The van der Waals surface area contributed by atoms with Crippen LogP contribution >= 0.6 is 11.3 Å². The van der Waals surface area contributed by atoms with Crippen molar-refractivity contribution in [1.29, 1.82) is 0 Å². The van der Waals surface area contributed by atoms with Crippen molar-refractivity contribution in [2.75, 3.05) is 6.61 Å². The number of aliphatic hydroxyl groups excluding tert-OH is 1. The maximum Gasteiger partial charge on any atom is 0.573 e. The Bertz CT molecular complexity index is 977. The number of hydrogen-bond donors (Lipinski definition) is 2. The molecular formula is C19H16F3N3O3S. The van der Waals surface area contributed by atoms with Gasteiger partial charge in [0, 0.05) is 11.6 Å². The summed E-state index contributed by atoms with van der Waals surface area (Å²) in [6.07, 6.45) is -4.78. The Hall–Kier alpha value is -2.98. The quantitative estimate of drug-likeness (QED) is 0.629. The number of nitrogens with zero attached hydrogens (tertiary/aromatic N) is 2. The summed E-state index contributed by atoms with van der Waals surface area (Å²) in [6.45, 7) is 1.40. The van der Waals surface area contributed by atoms with Crippen LogP contribution in [0.1, 0.15) is 17.4 Å². The standard InChI is InChI=1S/C19H16F3N3O3S/c1-11(10-26)23-18(27)15-9-14(24-17(25-15)16-3-2-8-29-16)12-4-6-13(7-5-12)28-19(20,21)22/h2-9,11,26H,10H2,1H3,(H,23,27). The third-order valence-corrected chi connectivity index (χ3v) is 4.60. The molecule has 3 aromatic rings. The van der Waals surface area contributed by atoms with Crippen LogP contribution in [0.3, 0.4) is 0 Å². The lowest BCUT2D eigenvalue weighted by atomic mass is 10.1. The van der Waals surface area contributed by atoms with Gasteiger partial charge in [-0.25, -0.2) is 9.97 Å². The number of thiophene rings is 1. The van der Waals surface area contributed by atoms with Gasteiger partial charge in [-0.2, -0.15) is 0 Å². The molecule has 29 heavy (non-hydrogen) atoms. The molecule has 0 radical (unpaired) electrons. The molecule has 152 valence electrons. The van der Waals surface area contributed by atoms with Gasteiger partial charge in [-0.05, 0) is 48.7 Å². The van der Waals surface area contributed by atoms with Crippen LogP contribution in [0, 0.1) is 0 Å². The number of rotatable bonds is 6. The highest BCUT2D eigenvalue weighted by atomic mass is 32.1. The normalized spacial score (nSPS) is 12.4. The first kappa shape index (κ1) is 20.7. The van der Waals surface area contributed by atoms with Crippen LogP contribution in [0.2, 0.25) is 0 Å². The second-order valence-electron chi connectivity index (χ2n) is 6.07. The number of carbonyl (C=O) groups is 1. The minimum absolute atomic E-state index is 0.0781. The van der Waals surface area contributed by atoms with Crippen molar-refractivity contribution < 1.29 is 27.8 Å². The fraction of sp³-hybridized carbons (Fsp3) is 0.211. The summed E-state index contributed by atoms with van der Waals surface area (Å²) in [6, 6.07) is 9.75. The highest BCUT2D eigenvalue weighted by Gasteiger charge is 2.31. The summed E-state index contributed by atoms with van der Waals surface area (Å²) in [4.78, 5) is 21.9. The van der Waals surface area contributed by atoms with Crippen LogP contribution in [-0.2, 0) is 0 Å². The van der Waals surface area contributed by atoms with Gasteiger partial charge in [-0.3, -0.25) is 4.79 Å². The van der Waals surface area contributed by atoms with Gasteiger partial charge >= 0.3 is 6.36 Å². The SMILES string of the molecule is CC(CO)NC(=O)c1cc(-c2ccc(OC(F)(F)F)cc2)nc(-c2cccs2)n1. The van der Waals surface area contributed by atoms with Gasteiger partial charge in [0.1, 0.15) is 11.4 Å². The topological polar surface area (TPSA) is 84.3 Å².